The van der Waals surface area contributed by atoms with Crippen molar-refractivity contribution in [2.75, 3.05) is 23.8 Å². The average molecular weight is 306 g/mol. The molecular formula is C15H18N2OS2. The molecule has 1 fully saturated rings. The van der Waals surface area contributed by atoms with Crippen molar-refractivity contribution >= 4 is 44.8 Å². The Morgan fingerprint density at radius 2 is 2.25 bits per heavy atom. The minimum absolute atomic E-state index is 0.0934. The van der Waals surface area contributed by atoms with Gasteiger partial charge in [-0.1, -0.05) is 18.2 Å². The van der Waals surface area contributed by atoms with Crippen molar-refractivity contribution < 1.29 is 4.79 Å². The van der Waals surface area contributed by atoms with Crippen LogP contribution in [0.2, 0.25) is 0 Å². The highest BCUT2D eigenvalue weighted by Crippen LogP contribution is 2.36. The van der Waals surface area contributed by atoms with Crippen LogP contribution in [0.4, 0.5) is 5.69 Å². The van der Waals surface area contributed by atoms with Crippen LogP contribution in [0.1, 0.15) is 22.2 Å². The van der Waals surface area contributed by atoms with Crippen LogP contribution in [0.3, 0.4) is 0 Å². The van der Waals surface area contributed by atoms with E-state index in [0.29, 0.717) is 10.6 Å². The van der Waals surface area contributed by atoms with E-state index < -0.39 is 0 Å². The lowest BCUT2D eigenvalue weighted by molar-refractivity contribution is 0.0722. The van der Waals surface area contributed by atoms with Gasteiger partial charge in [-0.05, 0) is 19.4 Å². The normalized spacial score (nSPS) is 19.5. The Labute approximate surface area is 127 Å². The molecule has 1 amide bonds. The zero-order valence-electron chi connectivity index (χ0n) is 11.7. The van der Waals surface area contributed by atoms with Crippen LogP contribution >= 0.6 is 23.1 Å². The van der Waals surface area contributed by atoms with Gasteiger partial charge in [0.2, 0.25) is 0 Å². The van der Waals surface area contributed by atoms with Crippen molar-refractivity contribution in [3.63, 3.8) is 0 Å². The summed E-state index contributed by atoms with van der Waals surface area (Å²) in [7, 11) is 0. The first-order chi connectivity index (χ1) is 9.59. The summed E-state index contributed by atoms with van der Waals surface area (Å²) in [6.45, 7) is 4.99. The number of thiophene rings is 1. The standard InChI is InChI=1S/C15H18N2OS2/c1-9-4-3-5-11-12(16)14(20-13(9)11)15(18)17-6-7-19-8-10(17)2/h3-5,10H,6-8,16H2,1-2H3. The number of carbonyl (C=O) groups excluding carboxylic acids is 1. The fourth-order valence-corrected chi connectivity index (χ4v) is 4.76. The van der Waals surface area contributed by atoms with Crippen LogP contribution in [-0.2, 0) is 0 Å². The molecule has 1 aromatic heterocycles. The van der Waals surface area contributed by atoms with Gasteiger partial charge in [0.25, 0.3) is 5.91 Å². The summed E-state index contributed by atoms with van der Waals surface area (Å²) in [4.78, 5) is 15.4. The number of hydrogen-bond donors (Lipinski definition) is 1. The highest BCUT2D eigenvalue weighted by molar-refractivity contribution is 7.99. The third-order valence-electron chi connectivity index (χ3n) is 3.77. The summed E-state index contributed by atoms with van der Waals surface area (Å²) in [5.74, 6) is 2.12. The molecule has 0 bridgehead atoms. The van der Waals surface area contributed by atoms with Crippen LogP contribution in [-0.4, -0.2) is 34.9 Å². The Morgan fingerprint density at radius 1 is 1.45 bits per heavy atom. The molecule has 5 heteroatoms. The van der Waals surface area contributed by atoms with E-state index in [2.05, 4.69) is 19.9 Å². The van der Waals surface area contributed by atoms with Crippen LogP contribution in [0.25, 0.3) is 10.1 Å². The summed E-state index contributed by atoms with van der Waals surface area (Å²) in [6.07, 6.45) is 0. The first-order valence-corrected chi connectivity index (χ1v) is 8.73. The van der Waals surface area contributed by atoms with Crippen molar-refractivity contribution in [1.29, 1.82) is 0 Å². The lowest BCUT2D eigenvalue weighted by Gasteiger charge is -2.32. The molecular weight excluding hydrogens is 288 g/mol. The number of rotatable bonds is 1. The molecule has 1 saturated heterocycles. The maximum absolute atomic E-state index is 12.8. The Bertz CT molecular complexity index is 665. The molecule has 1 aliphatic rings. The van der Waals surface area contributed by atoms with E-state index in [1.54, 1.807) is 0 Å². The molecule has 1 unspecified atom stereocenters. The molecule has 0 spiro atoms. The van der Waals surface area contributed by atoms with Crippen molar-refractivity contribution in [2.45, 2.75) is 19.9 Å². The molecule has 3 nitrogen and oxygen atoms in total. The predicted molar refractivity (Wildman–Crippen MR) is 88.8 cm³/mol. The number of hydrogen-bond acceptors (Lipinski definition) is 4. The van der Waals surface area contributed by atoms with E-state index in [4.69, 9.17) is 5.73 Å². The Hall–Kier alpha value is -1.20. The van der Waals surface area contributed by atoms with Crippen molar-refractivity contribution in [3.05, 3.63) is 28.6 Å². The quantitative estimate of drug-likeness (QED) is 0.878. The molecule has 0 aliphatic carbocycles. The third-order valence-corrected chi connectivity index (χ3v) is 6.31. The maximum Gasteiger partial charge on any atom is 0.266 e. The van der Waals surface area contributed by atoms with Crippen LogP contribution in [0.5, 0.6) is 0 Å². The third kappa shape index (κ3) is 2.19. The Balaban J connectivity index is 2.03. The van der Waals surface area contributed by atoms with E-state index in [0.717, 1.165) is 28.1 Å². The number of nitrogens with zero attached hydrogens (tertiary/aromatic N) is 1. The Morgan fingerprint density at radius 3 is 2.95 bits per heavy atom. The Kier molecular flexibility index (Phi) is 3.65. The average Bonchev–Trinajstić information content (AvgIpc) is 2.78. The van der Waals surface area contributed by atoms with Gasteiger partial charge in [0.05, 0.1) is 5.69 Å². The van der Waals surface area contributed by atoms with Gasteiger partial charge in [-0.15, -0.1) is 11.3 Å². The minimum atomic E-state index is 0.0934. The molecule has 1 aromatic carbocycles. The van der Waals surface area contributed by atoms with Gasteiger partial charge in [0.1, 0.15) is 4.88 Å². The molecule has 3 rings (SSSR count). The molecule has 2 heterocycles. The number of fused-ring (bicyclic) bond motifs is 1. The predicted octanol–water partition coefficient (Wildman–Crippen LogP) is 3.37. The number of thioether (sulfide) groups is 1. The van der Waals surface area contributed by atoms with E-state index in [9.17, 15) is 4.79 Å². The van der Waals surface area contributed by atoms with Gasteiger partial charge < -0.3 is 10.6 Å². The van der Waals surface area contributed by atoms with Crippen molar-refractivity contribution in [1.82, 2.24) is 4.90 Å². The number of nitrogens with two attached hydrogens (primary N) is 1. The van der Waals surface area contributed by atoms with E-state index >= 15 is 0 Å². The first kappa shape index (κ1) is 13.8. The lowest BCUT2D eigenvalue weighted by Crippen LogP contribution is -2.44. The highest BCUT2D eigenvalue weighted by atomic mass is 32.2. The van der Waals surface area contributed by atoms with Crippen LogP contribution in [0.15, 0.2) is 18.2 Å². The van der Waals surface area contributed by atoms with Gasteiger partial charge in [-0.3, -0.25) is 4.79 Å². The topological polar surface area (TPSA) is 46.3 Å². The summed E-state index contributed by atoms with van der Waals surface area (Å²) in [6, 6.07) is 6.34. The van der Waals surface area contributed by atoms with Crippen LogP contribution in [0, 0.1) is 6.92 Å². The van der Waals surface area contributed by atoms with Crippen LogP contribution < -0.4 is 5.73 Å². The summed E-state index contributed by atoms with van der Waals surface area (Å²) in [5, 5.41) is 1.01. The summed E-state index contributed by atoms with van der Waals surface area (Å²) < 4.78 is 1.13. The van der Waals surface area contributed by atoms with Gasteiger partial charge in [-0.2, -0.15) is 11.8 Å². The fraction of sp³-hybridized carbons (Fsp3) is 0.400. The van der Waals surface area contributed by atoms with Gasteiger partial charge in [-0.25, -0.2) is 0 Å². The second kappa shape index (κ2) is 5.30. The number of carbonyl (C=O) groups is 1. The second-order valence-corrected chi connectivity index (χ2v) is 7.39. The number of amides is 1. The highest BCUT2D eigenvalue weighted by Gasteiger charge is 2.27. The van der Waals surface area contributed by atoms with Crippen molar-refractivity contribution in [3.8, 4) is 0 Å². The smallest absolute Gasteiger partial charge is 0.266 e. The van der Waals surface area contributed by atoms with Gasteiger partial charge in [0.15, 0.2) is 0 Å². The number of benzene rings is 1. The minimum Gasteiger partial charge on any atom is -0.397 e. The molecule has 20 heavy (non-hydrogen) atoms. The van der Waals surface area contributed by atoms with E-state index in [1.807, 2.05) is 28.8 Å². The zero-order chi connectivity index (χ0) is 14.3. The largest absolute Gasteiger partial charge is 0.397 e. The summed E-state index contributed by atoms with van der Waals surface area (Å²) >= 11 is 3.44. The lowest BCUT2D eigenvalue weighted by atomic mass is 10.1. The number of aryl methyl sites for hydroxylation is 1. The molecule has 1 aliphatic heterocycles. The number of anilines is 1. The van der Waals surface area contributed by atoms with Gasteiger partial charge >= 0.3 is 0 Å². The molecule has 106 valence electrons. The maximum atomic E-state index is 12.8. The zero-order valence-corrected chi connectivity index (χ0v) is 13.3. The van der Waals surface area contributed by atoms with Crippen molar-refractivity contribution in [2.24, 2.45) is 0 Å². The van der Waals surface area contributed by atoms with E-state index in [-0.39, 0.29) is 11.9 Å². The summed E-state index contributed by atoms with van der Waals surface area (Å²) in [5.41, 5.74) is 8.04. The monoisotopic (exact) mass is 306 g/mol. The molecule has 0 saturated carbocycles. The van der Waals surface area contributed by atoms with E-state index in [1.165, 1.54) is 16.9 Å². The number of nitrogen functional groups attached to an aromatic ring is 1. The first-order valence-electron chi connectivity index (χ1n) is 6.76. The molecule has 2 N–H and O–H groups in total. The van der Waals surface area contributed by atoms with Gasteiger partial charge in [0, 0.05) is 34.2 Å². The molecule has 1 atom stereocenters. The molecule has 0 radical (unpaired) electrons. The fourth-order valence-electron chi connectivity index (χ4n) is 2.60. The second-order valence-electron chi connectivity index (χ2n) is 5.22. The SMILES string of the molecule is Cc1cccc2c(N)c(C(=O)N3CCSCC3C)sc12. The molecule has 2 aromatic rings.